The van der Waals surface area contributed by atoms with Crippen LogP contribution >= 0.6 is 0 Å². The van der Waals surface area contributed by atoms with Gasteiger partial charge in [0.15, 0.2) is 0 Å². The van der Waals surface area contributed by atoms with Gasteiger partial charge in [-0.05, 0) is 69.2 Å². The van der Waals surface area contributed by atoms with Gasteiger partial charge < -0.3 is 23.8 Å². The summed E-state index contributed by atoms with van der Waals surface area (Å²) < 4.78 is 17.9. The molecule has 43 heavy (non-hydrogen) atoms. The number of likely N-dealkylation sites (tertiary alicyclic amines) is 1. The Bertz CT molecular complexity index is 1370. The number of aryl methyl sites for hydroxylation is 1. The van der Waals surface area contributed by atoms with Crippen molar-refractivity contribution in [2.75, 3.05) is 39.5 Å². The Hall–Kier alpha value is -3.79. The molecule has 5 heterocycles. The zero-order chi connectivity index (χ0) is 29.5. The number of aromatic nitrogens is 3. The number of rotatable bonds is 5. The minimum absolute atomic E-state index is 0.0294. The Kier molecular flexibility index (Phi) is 9.31. The molecule has 0 radical (unpaired) electrons. The van der Waals surface area contributed by atoms with Gasteiger partial charge in [-0.15, -0.1) is 0 Å². The first-order valence-electron chi connectivity index (χ1n) is 15.7. The van der Waals surface area contributed by atoms with E-state index in [9.17, 15) is 9.59 Å². The van der Waals surface area contributed by atoms with Gasteiger partial charge in [-0.3, -0.25) is 14.6 Å². The number of piperidine rings is 1. The van der Waals surface area contributed by atoms with Crippen LogP contribution in [-0.4, -0.2) is 82.2 Å². The molecule has 6 rings (SSSR count). The van der Waals surface area contributed by atoms with E-state index in [-0.39, 0.29) is 23.3 Å². The highest BCUT2D eigenvalue weighted by molar-refractivity contribution is 5.97. The summed E-state index contributed by atoms with van der Waals surface area (Å²) in [6, 6.07) is 13.3. The number of hydrogen-bond acceptors (Lipinski definition) is 8. The molecule has 3 aromatic rings. The lowest BCUT2D eigenvalue weighted by Gasteiger charge is -2.42. The summed E-state index contributed by atoms with van der Waals surface area (Å²) in [5.41, 5.74) is 1.25. The molecule has 1 spiro atoms. The molecular formula is C33H41N5O5. The first-order valence-corrected chi connectivity index (χ1v) is 15.7. The standard InChI is InChI=1S/C33H41N5O5/c39-30(14-7-13-29-35-31(36-43-29)27-11-3-5-18-34-27)37-20-16-33(17-21-37)15-4-6-22-41-23-25-9-8-19-38(25)32(40)26-10-1-2-12-28(26)42-24-33/h1-3,5,10-12,18,25H,4,6-9,13-17,19-24H2/t25-/m0/s1. The van der Waals surface area contributed by atoms with Crippen LogP contribution in [-0.2, 0) is 16.0 Å². The van der Waals surface area contributed by atoms with Crippen molar-refractivity contribution < 1.29 is 23.6 Å². The van der Waals surface area contributed by atoms with Crippen molar-refractivity contribution >= 4 is 11.8 Å². The van der Waals surface area contributed by atoms with E-state index in [1.165, 1.54) is 0 Å². The SMILES string of the molecule is O=C(CCCc1nc(-c2ccccn2)no1)N1CCC2(CCCCOC[C@@H]3CCCN3C(=O)c3ccccc3OC2)CC1. The molecule has 2 aromatic heterocycles. The van der Waals surface area contributed by atoms with Gasteiger partial charge in [0.25, 0.3) is 5.91 Å². The number of para-hydroxylation sites is 1. The number of pyridine rings is 1. The van der Waals surface area contributed by atoms with Gasteiger partial charge in [0.1, 0.15) is 11.4 Å². The Morgan fingerprint density at radius 3 is 2.72 bits per heavy atom. The molecule has 0 saturated carbocycles. The number of carbonyl (C=O) groups excluding carboxylic acids is 2. The van der Waals surface area contributed by atoms with E-state index in [4.69, 9.17) is 14.0 Å². The lowest BCUT2D eigenvalue weighted by Crippen LogP contribution is -2.45. The molecule has 3 aliphatic heterocycles. The maximum absolute atomic E-state index is 13.5. The van der Waals surface area contributed by atoms with Gasteiger partial charge >= 0.3 is 0 Å². The van der Waals surface area contributed by atoms with Gasteiger partial charge in [-0.25, -0.2) is 0 Å². The maximum Gasteiger partial charge on any atom is 0.257 e. The average molecular weight is 588 g/mol. The summed E-state index contributed by atoms with van der Waals surface area (Å²) >= 11 is 0. The van der Waals surface area contributed by atoms with E-state index < -0.39 is 0 Å². The van der Waals surface area contributed by atoms with E-state index in [1.54, 1.807) is 6.20 Å². The number of hydrogen-bond donors (Lipinski definition) is 0. The highest BCUT2D eigenvalue weighted by Crippen LogP contribution is 2.38. The largest absolute Gasteiger partial charge is 0.492 e. The van der Waals surface area contributed by atoms with Gasteiger partial charge in [-0.1, -0.05) is 29.8 Å². The summed E-state index contributed by atoms with van der Waals surface area (Å²) in [6.07, 6.45) is 10.1. The van der Waals surface area contributed by atoms with Crippen molar-refractivity contribution in [2.24, 2.45) is 5.41 Å². The number of nitrogens with zero attached hydrogens (tertiary/aromatic N) is 5. The fourth-order valence-electron chi connectivity index (χ4n) is 6.56. The first-order chi connectivity index (χ1) is 21.1. The van der Waals surface area contributed by atoms with E-state index in [0.29, 0.717) is 80.9 Å². The van der Waals surface area contributed by atoms with E-state index in [0.717, 1.165) is 51.5 Å². The van der Waals surface area contributed by atoms with Crippen LogP contribution in [0.25, 0.3) is 11.5 Å². The van der Waals surface area contributed by atoms with Crippen molar-refractivity contribution in [3.63, 3.8) is 0 Å². The van der Waals surface area contributed by atoms with Crippen molar-refractivity contribution in [1.82, 2.24) is 24.9 Å². The second kappa shape index (κ2) is 13.7. The molecule has 228 valence electrons. The van der Waals surface area contributed by atoms with E-state index in [1.807, 2.05) is 52.3 Å². The van der Waals surface area contributed by atoms with Gasteiger partial charge in [0.2, 0.25) is 17.6 Å². The average Bonchev–Trinajstić information content (AvgIpc) is 3.72. The summed E-state index contributed by atoms with van der Waals surface area (Å²) in [4.78, 5) is 39.3. The van der Waals surface area contributed by atoms with Crippen LogP contribution in [0.4, 0.5) is 0 Å². The molecule has 2 amide bonds. The molecule has 3 aliphatic rings. The Balaban J connectivity index is 1.04. The van der Waals surface area contributed by atoms with Crippen LogP contribution in [0, 0.1) is 5.41 Å². The Labute approximate surface area is 252 Å². The lowest BCUT2D eigenvalue weighted by atomic mass is 9.75. The quantitative estimate of drug-likeness (QED) is 0.413. The highest BCUT2D eigenvalue weighted by Gasteiger charge is 2.37. The minimum atomic E-state index is -0.0428. The monoisotopic (exact) mass is 587 g/mol. The molecule has 1 atom stereocenters. The number of ether oxygens (including phenoxy) is 2. The first kappa shape index (κ1) is 29.3. The number of carbonyl (C=O) groups is 2. The topological polar surface area (TPSA) is 111 Å². The van der Waals surface area contributed by atoms with Crippen molar-refractivity contribution in [3.05, 3.63) is 60.1 Å². The van der Waals surface area contributed by atoms with Gasteiger partial charge in [-0.2, -0.15) is 4.98 Å². The fraction of sp³-hybridized carbons (Fsp3) is 0.545. The second-order valence-electron chi connectivity index (χ2n) is 12.1. The van der Waals surface area contributed by atoms with Gasteiger partial charge in [0, 0.05) is 50.7 Å². The molecule has 1 aromatic carbocycles. The summed E-state index contributed by atoms with van der Waals surface area (Å²) in [5, 5.41) is 4.02. The third-order valence-corrected chi connectivity index (χ3v) is 9.17. The van der Waals surface area contributed by atoms with E-state index >= 15 is 0 Å². The third-order valence-electron chi connectivity index (χ3n) is 9.17. The molecule has 0 bridgehead atoms. The predicted molar refractivity (Wildman–Crippen MR) is 159 cm³/mol. The summed E-state index contributed by atoms with van der Waals surface area (Å²) in [6.45, 7) is 4.02. The van der Waals surface area contributed by atoms with Crippen LogP contribution < -0.4 is 4.74 Å². The predicted octanol–water partition coefficient (Wildman–Crippen LogP) is 4.95. The number of benzene rings is 1. The Morgan fingerprint density at radius 1 is 1.00 bits per heavy atom. The lowest BCUT2D eigenvalue weighted by molar-refractivity contribution is -0.134. The molecule has 0 aliphatic carbocycles. The Morgan fingerprint density at radius 2 is 1.86 bits per heavy atom. The zero-order valence-electron chi connectivity index (χ0n) is 24.8. The number of amides is 2. The van der Waals surface area contributed by atoms with Crippen molar-refractivity contribution in [3.8, 4) is 17.3 Å². The smallest absolute Gasteiger partial charge is 0.257 e. The fourth-order valence-corrected chi connectivity index (χ4v) is 6.56. The van der Waals surface area contributed by atoms with Crippen LogP contribution in [0.1, 0.15) is 74.0 Å². The third kappa shape index (κ3) is 7.06. The molecule has 2 saturated heterocycles. The van der Waals surface area contributed by atoms with Crippen LogP contribution in [0.5, 0.6) is 5.75 Å². The second-order valence-corrected chi connectivity index (χ2v) is 12.1. The molecule has 10 heteroatoms. The van der Waals surface area contributed by atoms with Crippen molar-refractivity contribution in [1.29, 1.82) is 0 Å². The number of fused-ring (bicyclic) bond motifs is 2. The summed E-state index contributed by atoms with van der Waals surface area (Å²) in [7, 11) is 0. The maximum atomic E-state index is 13.5. The molecule has 10 nitrogen and oxygen atoms in total. The molecule has 0 N–H and O–H groups in total. The molecule has 2 fully saturated rings. The van der Waals surface area contributed by atoms with E-state index in [2.05, 4.69) is 15.1 Å². The minimum Gasteiger partial charge on any atom is -0.492 e. The molecule has 0 unspecified atom stereocenters. The zero-order valence-corrected chi connectivity index (χ0v) is 24.8. The van der Waals surface area contributed by atoms with Crippen LogP contribution in [0.3, 0.4) is 0 Å². The highest BCUT2D eigenvalue weighted by atomic mass is 16.5. The van der Waals surface area contributed by atoms with Crippen molar-refractivity contribution in [2.45, 2.75) is 70.3 Å². The summed E-state index contributed by atoms with van der Waals surface area (Å²) in [5.74, 6) is 1.83. The normalized spacial score (nSPS) is 21.1. The van der Waals surface area contributed by atoms with Gasteiger partial charge in [0.05, 0.1) is 24.8 Å². The van der Waals surface area contributed by atoms with Crippen LogP contribution in [0.15, 0.2) is 53.2 Å². The van der Waals surface area contributed by atoms with Crippen LogP contribution in [0.2, 0.25) is 0 Å². The molecular weight excluding hydrogens is 546 g/mol.